The van der Waals surface area contributed by atoms with E-state index >= 15 is 0 Å². The quantitative estimate of drug-likeness (QED) is 0.737. The Morgan fingerprint density at radius 2 is 1.84 bits per heavy atom. The number of hydrogen-bond acceptors (Lipinski definition) is 5. The van der Waals surface area contributed by atoms with E-state index in [4.69, 9.17) is 8.92 Å². The van der Waals surface area contributed by atoms with Gasteiger partial charge in [0, 0.05) is 19.6 Å². The molecule has 1 aliphatic rings. The molecule has 0 saturated carbocycles. The number of para-hydroxylation sites is 1. The number of benzene rings is 2. The van der Waals surface area contributed by atoms with Crippen LogP contribution in [-0.2, 0) is 14.9 Å². The van der Waals surface area contributed by atoms with Crippen LogP contribution in [0.3, 0.4) is 0 Å². The van der Waals surface area contributed by atoms with Crippen molar-refractivity contribution in [3.63, 3.8) is 0 Å². The lowest BCUT2D eigenvalue weighted by atomic mass is 10.1. The van der Waals surface area contributed by atoms with Gasteiger partial charge in [-0.15, -0.1) is 0 Å². The number of ether oxygens (including phenoxy) is 1. The molecule has 0 N–H and O–H groups in total. The Morgan fingerprint density at radius 3 is 2.56 bits per heavy atom. The SMILES string of the molecule is O=S(=O)(CCN1CCOC(c2ccc(F)cc2)C1)Oc1ccccc1. The summed E-state index contributed by atoms with van der Waals surface area (Å²) in [4.78, 5) is 2.02. The predicted molar refractivity (Wildman–Crippen MR) is 92.4 cm³/mol. The molecule has 2 aromatic carbocycles. The van der Waals surface area contributed by atoms with Crippen molar-refractivity contribution in [1.29, 1.82) is 0 Å². The van der Waals surface area contributed by atoms with Crippen LogP contribution in [0.5, 0.6) is 5.75 Å². The third kappa shape index (κ3) is 5.26. The van der Waals surface area contributed by atoms with Crippen molar-refractivity contribution in [2.45, 2.75) is 6.10 Å². The summed E-state index contributed by atoms with van der Waals surface area (Å²) in [5, 5.41) is 0. The first-order valence-electron chi connectivity index (χ1n) is 8.08. The molecule has 0 bridgehead atoms. The second-order valence-electron chi connectivity index (χ2n) is 5.87. The van der Waals surface area contributed by atoms with Crippen LogP contribution in [0.2, 0.25) is 0 Å². The molecule has 1 fully saturated rings. The molecular weight excluding hydrogens is 345 g/mol. The van der Waals surface area contributed by atoms with Crippen LogP contribution in [0, 0.1) is 5.82 Å². The van der Waals surface area contributed by atoms with E-state index in [1.54, 1.807) is 42.5 Å². The Morgan fingerprint density at radius 1 is 1.12 bits per heavy atom. The van der Waals surface area contributed by atoms with E-state index in [1.165, 1.54) is 12.1 Å². The Kier molecular flexibility index (Phi) is 5.67. The number of morpholine rings is 1. The number of halogens is 1. The van der Waals surface area contributed by atoms with Crippen molar-refractivity contribution in [2.24, 2.45) is 0 Å². The zero-order valence-corrected chi connectivity index (χ0v) is 14.5. The van der Waals surface area contributed by atoms with Crippen molar-refractivity contribution in [1.82, 2.24) is 4.90 Å². The van der Waals surface area contributed by atoms with E-state index in [-0.39, 0.29) is 17.7 Å². The lowest BCUT2D eigenvalue weighted by Gasteiger charge is -2.33. The molecule has 1 atom stereocenters. The molecule has 1 heterocycles. The Bertz CT molecular complexity index is 780. The van der Waals surface area contributed by atoms with Gasteiger partial charge >= 0.3 is 10.1 Å². The van der Waals surface area contributed by atoms with Gasteiger partial charge in [0.1, 0.15) is 11.6 Å². The molecule has 0 spiro atoms. The average molecular weight is 365 g/mol. The molecule has 0 aliphatic carbocycles. The Balaban J connectivity index is 1.55. The van der Waals surface area contributed by atoms with E-state index in [2.05, 4.69) is 0 Å². The minimum Gasteiger partial charge on any atom is -0.382 e. The summed E-state index contributed by atoms with van der Waals surface area (Å²) in [5.41, 5.74) is 0.884. The van der Waals surface area contributed by atoms with E-state index in [9.17, 15) is 12.8 Å². The summed E-state index contributed by atoms with van der Waals surface area (Å²) >= 11 is 0. The fourth-order valence-corrected chi connectivity index (χ4v) is 3.66. The van der Waals surface area contributed by atoms with Crippen LogP contribution in [0.1, 0.15) is 11.7 Å². The number of rotatable bonds is 6. The minimum absolute atomic E-state index is 0.0992. The maximum atomic E-state index is 13.0. The van der Waals surface area contributed by atoms with Crippen LogP contribution in [0.4, 0.5) is 4.39 Å². The second-order valence-corrected chi connectivity index (χ2v) is 7.56. The first-order valence-corrected chi connectivity index (χ1v) is 9.66. The highest BCUT2D eigenvalue weighted by Crippen LogP contribution is 2.22. The Labute approximate surface area is 147 Å². The number of hydrogen-bond donors (Lipinski definition) is 0. The molecule has 7 heteroatoms. The highest BCUT2D eigenvalue weighted by atomic mass is 32.2. The van der Waals surface area contributed by atoms with Crippen LogP contribution >= 0.6 is 0 Å². The van der Waals surface area contributed by atoms with Gasteiger partial charge in [0.15, 0.2) is 0 Å². The van der Waals surface area contributed by atoms with Gasteiger partial charge in [-0.2, -0.15) is 8.42 Å². The van der Waals surface area contributed by atoms with Gasteiger partial charge < -0.3 is 8.92 Å². The fraction of sp³-hybridized carbons (Fsp3) is 0.333. The molecule has 0 amide bonds. The van der Waals surface area contributed by atoms with Gasteiger partial charge in [-0.05, 0) is 29.8 Å². The van der Waals surface area contributed by atoms with E-state index in [1.807, 2.05) is 4.90 Å². The first-order chi connectivity index (χ1) is 12.0. The number of nitrogens with zero attached hydrogens (tertiary/aromatic N) is 1. The molecular formula is C18H20FNO4S. The first kappa shape index (κ1) is 17.8. The van der Waals surface area contributed by atoms with E-state index in [0.29, 0.717) is 32.0 Å². The summed E-state index contributed by atoms with van der Waals surface area (Å²) in [5.74, 6) is -0.0767. The van der Waals surface area contributed by atoms with E-state index in [0.717, 1.165) is 5.56 Å². The van der Waals surface area contributed by atoms with Crippen LogP contribution < -0.4 is 4.18 Å². The molecule has 2 aromatic rings. The van der Waals surface area contributed by atoms with Gasteiger partial charge in [-0.25, -0.2) is 4.39 Å². The molecule has 25 heavy (non-hydrogen) atoms. The summed E-state index contributed by atoms with van der Waals surface area (Å²) in [6.45, 7) is 2.07. The highest BCUT2D eigenvalue weighted by molar-refractivity contribution is 7.87. The molecule has 1 unspecified atom stereocenters. The third-order valence-electron chi connectivity index (χ3n) is 4.02. The van der Waals surface area contributed by atoms with Gasteiger partial charge in [0.05, 0.1) is 18.5 Å². The summed E-state index contributed by atoms with van der Waals surface area (Å²) in [6.07, 6.45) is -0.188. The zero-order chi connectivity index (χ0) is 17.7. The molecule has 0 aromatic heterocycles. The Hall–Kier alpha value is -1.96. The van der Waals surface area contributed by atoms with Gasteiger partial charge in [0.2, 0.25) is 0 Å². The average Bonchev–Trinajstić information content (AvgIpc) is 2.61. The van der Waals surface area contributed by atoms with Gasteiger partial charge in [0.25, 0.3) is 0 Å². The van der Waals surface area contributed by atoms with Crippen molar-refractivity contribution >= 4 is 10.1 Å². The van der Waals surface area contributed by atoms with Gasteiger partial charge in [-0.3, -0.25) is 4.90 Å². The molecule has 134 valence electrons. The van der Waals surface area contributed by atoms with Crippen LogP contribution in [0.25, 0.3) is 0 Å². The van der Waals surface area contributed by atoms with Crippen molar-refractivity contribution in [2.75, 3.05) is 32.0 Å². The zero-order valence-electron chi connectivity index (χ0n) is 13.7. The molecule has 5 nitrogen and oxygen atoms in total. The van der Waals surface area contributed by atoms with Crippen molar-refractivity contribution in [3.8, 4) is 5.75 Å². The van der Waals surface area contributed by atoms with Gasteiger partial charge in [-0.1, -0.05) is 30.3 Å². The topological polar surface area (TPSA) is 55.8 Å². The lowest BCUT2D eigenvalue weighted by Crippen LogP contribution is -2.41. The predicted octanol–water partition coefficient (Wildman–Crippen LogP) is 2.61. The minimum atomic E-state index is -3.65. The van der Waals surface area contributed by atoms with Crippen LogP contribution in [0.15, 0.2) is 54.6 Å². The molecule has 1 saturated heterocycles. The van der Waals surface area contributed by atoms with E-state index < -0.39 is 10.1 Å². The molecule has 0 radical (unpaired) electrons. The smallest absolute Gasteiger partial charge is 0.310 e. The summed E-state index contributed by atoms with van der Waals surface area (Å²) < 4.78 is 48.1. The third-order valence-corrected chi connectivity index (χ3v) is 5.15. The summed E-state index contributed by atoms with van der Waals surface area (Å²) in [7, 11) is -3.65. The fourth-order valence-electron chi connectivity index (χ4n) is 2.69. The highest BCUT2D eigenvalue weighted by Gasteiger charge is 2.24. The normalized spacial score (nSPS) is 18.8. The largest absolute Gasteiger partial charge is 0.382 e. The monoisotopic (exact) mass is 365 g/mol. The van der Waals surface area contributed by atoms with Crippen molar-refractivity contribution in [3.05, 3.63) is 66.0 Å². The van der Waals surface area contributed by atoms with Crippen molar-refractivity contribution < 1.29 is 21.7 Å². The molecule has 1 aliphatic heterocycles. The lowest BCUT2D eigenvalue weighted by molar-refractivity contribution is -0.0280. The maximum absolute atomic E-state index is 13.0. The summed E-state index contributed by atoms with van der Waals surface area (Å²) in [6, 6.07) is 14.6. The molecule has 3 rings (SSSR count). The second kappa shape index (κ2) is 7.95. The standard InChI is InChI=1S/C18H20FNO4S/c19-16-8-6-15(7-9-16)18-14-20(10-12-23-18)11-13-25(21,22)24-17-4-2-1-3-5-17/h1-9,18H,10-14H2. The van der Waals surface area contributed by atoms with Crippen LogP contribution in [-0.4, -0.2) is 45.3 Å². The maximum Gasteiger partial charge on any atom is 0.310 e.